The molecular weight excluding hydrogens is 202 g/mol. The molecule has 0 saturated heterocycles. The standard InChI is InChI=1S/C12H21N3O/c1-12(2,8-13)9-15-11(16)6-5-10-4-3-7-14-10/h3-4,7,14H,5-6,8-9,13H2,1-2H3,(H,15,16). The number of amides is 1. The van der Waals surface area contributed by atoms with Crippen LogP contribution in [0.25, 0.3) is 0 Å². The topological polar surface area (TPSA) is 70.9 Å². The molecule has 0 aromatic carbocycles. The zero-order valence-corrected chi connectivity index (χ0v) is 10.0. The van der Waals surface area contributed by atoms with E-state index in [1.165, 1.54) is 0 Å². The average Bonchev–Trinajstić information content (AvgIpc) is 2.76. The molecule has 0 unspecified atom stereocenters. The lowest BCUT2D eigenvalue weighted by atomic mass is 9.94. The highest BCUT2D eigenvalue weighted by Gasteiger charge is 2.16. The largest absolute Gasteiger partial charge is 0.365 e. The zero-order valence-electron chi connectivity index (χ0n) is 10.0. The van der Waals surface area contributed by atoms with E-state index in [4.69, 9.17) is 5.73 Å². The molecule has 1 heterocycles. The van der Waals surface area contributed by atoms with E-state index in [-0.39, 0.29) is 11.3 Å². The fourth-order valence-electron chi connectivity index (χ4n) is 1.27. The molecule has 16 heavy (non-hydrogen) atoms. The normalized spacial score (nSPS) is 11.4. The minimum Gasteiger partial charge on any atom is -0.365 e. The van der Waals surface area contributed by atoms with Crippen molar-refractivity contribution in [3.05, 3.63) is 24.0 Å². The van der Waals surface area contributed by atoms with Gasteiger partial charge in [0.1, 0.15) is 0 Å². The second-order valence-corrected chi connectivity index (χ2v) is 4.84. The van der Waals surface area contributed by atoms with E-state index >= 15 is 0 Å². The van der Waals surface area contributed by atoms with Gasteiger partial charge in [-0.3, -0.25) is 4.79 Å². The molecule has 0 fully saturated rings. The molecule has 0 aliphatic carbocycles. The van der Waals surface area contributed by atoms with Gasteiger partial charge in [-0.25, -0.2) is 0 Å². The summed E-state index contributed by atoms with van der Waals surface area (Å²) in [6.45, 7) is 5.29. The summed E-state index contributed by atoms with van der Waals surface area (Å²) in [5.74, 6) is 0.0797. The van der Waals surface area contributed by atoms with Gasteiger partial charge in [-0.05, 0) is 30.5 Å². The Labute approximate surface area is 96.6 Å². The first-order valence-electron chi connectivity index (χ1n) is 5.62. The van der Waals surface area contributed by atoms with Crippen LogP contribution in [0.4, 0.5) is 0 Å². The smallest absolute Gasteiger partial charge is 0.220 e. The third kappa shape index (κ3) is 4.49. The third-order valence-electron chi connectivity index (χ3n) is 2.60. The number of nitrogens with two attached hydrogens (primary N) is 1. The maximum Gasteiger partial charge on any atom is 0.220 e. The number of rotatable bonds is 6. The van der Waals surface area contributed by atoms with Crippen LogP contribution in [-0.4, -0.2) is 24.0 Å². The summed E-state index contributed by atoms with van der Waals surface area (Å²) in [5.41, 5.74) is 6.65. The van der Waals surface area contributed by atoms with Gasteiger partial charge in [0.2, 0.25) is 5.91 Å². The lowest BCUT2D eigenvalue weighted by Crippen LogP contribution is -2.38. The van der Waals surface area contributed by atoms with Crippen molar-refractivity contribution < 1.29 is 4.79 Å². The highest BCUT2D eigenvalue weighted by molar-refractivity contribution is 5.76. The highest BCUT2D eigenvalue weighted by atomic mass is 16.1. The Morgan fingerprint density at radius 2 is 2.31 bits per heavy atom. The van der Waals surface area contributed by atoms with Gasteiger partial charge in [-0.1, -0.05) is 13.8 Å². The number of nitrogens with one attached hydrogen (secondary N) is 2. The summed E-state index contributed by atoms with van der Waals surface area (Å²) < 4.78 is 0. The molecule has 4 heteroatoms. The van der Waals surface area contributed by atoms with Gasteiger partial charge in [0.25, 0.3) is 0 Å². The van der Waals surface area contributed by atoms with E-state index in [9.17, 15) is 4.79 Å². The van der Waals surface area contributed by atoms with E-state index in [1.54, 1.807) is 0 Å². The van der Waals surface area contributed by atoms with Gasteiger partial charge >= 0.3 is 0 Å². The SMILES string of the molecule is CC(C)(CN)CNC(=O)CCc1ccc[nH]1. The minimum absolute atomic E-state index is 0.0257. The summed E-state index contributed by atoms with van der Waals surface area (Å²) in [6.07, 6.45) is 3.13. The van der Waals surface area contributed by atoms with Crippen LogP contribution in [0.1, 0.15) is 26.0 Å². The van der Waals surface area contributed by atoms with Crippen molar-refractivity contribution in [1.29, 1.82) is 0 Å². The van der Waals surface area contributed by atoms with Crippen molar-refractivity contribution >= 4 is 5.91 Å². The van der Waals surface area contributed by atoms with Crippen LogP contribution in [-0.2, 0) is 11.2 Å². The monoisotopic (exact) mass is 223 g/mol. The Morgan fingerprint density at radius 1 is 1.56 bits per heavy atom. The summed E-state index contributed by atoms with van der Waals surface area (Å²) in [6, 6.07) is 3.92. The van der Waals surface area contributed by atoms with Gasteiger partial charge in [-0.2, -0.15) is 0 Å². The van der Waals surface area contributed by atoms with Crippen molar-refractivity contribution in [3.63, 3.8) is 0 Å². The molecule has 4 nitrogen and oxygen atoms in total. The van der Waals surface area contributed by atoms with Crippen molar-refractivity contribution in [1.82, 2.24) is 10.3 Å². The van der Waals surface area contributed by atoms with Crippen LogP contribution in [0.15, 0.2) is 18.3 Å². The summed E-state index contributed by atoms with van der Waals surface area (Å²) in [5, 5.41) is 2.90. The average molecular weight is 223 g/mol. The van der Waals surface area contributed by atoms with Crippen LogP contribution in [0.3, 0.4) is 0 Å². The first-order chi connectivity index (χ1) is 7.53. The second kappa shape index (κ2) is 5.70. The van der Waals surface area contributed by atoms with Crippen LogP contribution < -0.4 is 11.1 Å². The fourth-order valence-corrected chi connectivity index (χ4v) is 1.27. The number of hydrogen-bond donors (Lipinski definition) is 3. The molecule has 90 valence electrons. The maximum atomic E-state index is 11.5. The molecular formula is C12H21N3O. The Hall–Kier alpha value is -1.29. The summed E-state index contributed by atoms with van der Waals surface area (Å²) in [4.78, 5) is 14.6. The van der Waals surface area contributed by atoms with E-state index in [2.05, 4.69) is 10.3 Å². The molecule has 1 aromatic heterocycles. The number of H-pyrrole nitrogens is 1. The first-order valence-corrected chi connectivity index (χ1v) is 5.62. The van der Waals surface area contributed by atoms with Crippen molar-refractivity contribution in [3.8, 4) is 0 Å². The number of hydrogen-bond acceptors (Lipinski definition) is 2. The highest BCUT2D eigenvalue weighted by Crippen LogP contribution is 2.10. The number of aryl methyl sites for hydroxylation is 1. The Balaban J connectivity index is 2.21. The van der Waals surface area contributed by atoms with Gasteiger partial charge < -0.3 is 16.0 Å². The molecule has 0 atom stereocenters. The molecule has 0 aliphatic rings. The molecule has 0 spiro atoms. The minimum atomic E-state index is -0.0257. The lowest BCUT2D eigenvalue weighted by molar-refractivity contribution is -0.121. The first kappa shape index (κ1) is 12.8. The molecule has 0 saturated carbocycles. The van der Waals surface area contributed by atoms with Crippen molar-refractivity contribution in [2.75, 3.05) is 13.1 Å². The Bertz CT molecular complexity index is 317. The molecule has 0 bridgehead atoms. The van der Waals surface area contributed by atoms with Gasteiger partial charge in [0.15, 0.2) is 0 Å². The quantitative estimate of drug-likeness (QED) is 0.674. The van der Waals surface area contributed by atoms with Crippen LogP contribution in [0, 0.1) is 5.41 Å². The zero-order chi connectivity index (χ0) is 12.0. The van der Waals surface area contributed by atoms with Gasteiger partial charge in [0.05, 0.1) is 0 Å². The number of carbonyl (C=O) groups excluding carboxylic acids is 1. The predicted molar refractivity (Wildman–Crippen MR) is 65.0 cm³/mol. The van der Waals surface area contributed by atoms with E-state index < -0.39 is 0 Å². The number of aromatic amines is 1. The fraction of sp³-hybridized carbons (Fsp3) is 0.583. The number of carbonyl (C=O) groups is 1. The Kier molecular flexibility index (Phi) is 4.55. The van der Waals surface area contributed by atoms with Crippen LogP contribution in [0.2, 0.25) is 0 Å². The molecule has 0 radical (unpaired) electrons. The summed E-state index contributed by atoms with van der Waals surface area (Å²) in [7, 11) is 0. The molecule has 4 N–H and O–H groups in total. The third-order valence-corrected chi connectivity index (χ3v) is 2.60. The van der Waals surface area contributed by atoms with E-state index in [0.717, 1.165) is 12.1 Å². The van der Waals surface area contributed by atoms with Gasteiger partial charge in [0, 0.05) is 24.9 Å². The molecule has 1 amide bonds. The Morgan fingerprint density at radius 3 is 2.88 bits per heavy atom. The molecule has 1 rings (SSSR count). The number of aromatic nitrogens is 1. The van der Waals surface area contributed by atoms with Crippen LogP contribution in [0.5, 0.6) is 0 Å². The predicted octanol–water partition coefficient (Wildman–Crippen LogP) is 1.05. The molecule has 0 aliphatic heterocycles. The van der Waals surface area contributed by atoms with Crippen molar-refractivity contribution in [2.45, 2.75) is 26.7 Å². The van der Waals surface area contributed by atoms with E-state index in [1.807, 2.05) is 32.2 Å². The lowest BCUT2D eigenvalue weighted by Gasteiger charge is -2.22. The van der Waals surface area contributed by atoms with Crippen LogP contribution >= 0.6 is 0 Å². The molecule has 1 aromatic rings. The van der Waals surface area contributed by atoms with E-state index in [0.29, 0.717) is 19.5 Å². The maximum absolute atomic E-state index is 11.5. The van der Waals surface area contributed by atoms with Crippen molar-refractivity contribution in [2.24, 2.45) is 11.1 Å². The summed E-state index contributed by atoms with van der Waals surface area (Å²) >= 11 is 0. The van der Waals surface area contributed by atoms with Gasteiger partial charge in [-0.15, -0.1) is 0 Å². The second-order valence-electron chi connectivity index (χ2n) is 4.84.